The van der Waals surface area contributed by atoms with Crippen LogP contribution in [0.25, 0.3) is 5.69 Å². The number of nitrogens with zero attached hydrogens (tertiary/aromatic N) is 3. The van der Waals surface area contributed by atoms with Crippen molar-refractivity contribution >= 4 is 29.9 Å². The van der Waals surface area contributed by atoms with Gasteiger partial charge in [-0.15, -0.1) is 24.0 Å². The Morgan fingerprint density at radius 2 is 1.81 bits per heavy atom. The summed E-state index contributed by atoms with van der Waals surface area (Å²) >= 11 is 0. The van der Waals surface area contributed by atoms with E-state index in [2.05, 4.69) is 51.1 Å². The van der Waals surface area contributed by atoms with Gasteiger partial charge < -0.3 is 20.1 Å². The number of rotatable bonds is 6. The number of halogens is 1. The number of benzene rings is 2. The van der Waals surface area contributed by atoms with Crippen LogP contribution in [0.5, 0.6) is 11.5 Å². The van der Waals surface area contributed by atoms with E-state index in [9.17, 15) is 0 Å². The van der Waals surface area contributed by atoms with Gasteiger partial charge in [0.1, 0.15) is 0 Å². The third-order valence-electron chi connectivity index (χ3n) is 4.91. The molecule has 2 N–H and O–H groups in total. The molecule has 1 aliphatic rings. The summed E-state index contributed by atoms with van der Waals surface area (Å²) in [5, 5.41) is 11.0. The van der Waals surface area contributed by atoms with Gasteiger partial charge in [-0.25, -0.2) is 4.68 Å². The fraction of sp³-hybridized carbons (Fsp3) is 0.304. The molecule has 7 nitrogen and oxygen atoms in total. The quantitative estimate of drug-likeness (QED) is 0.288. The van der Waals surface area contributed by atoms with Gasteiger partial charge >= 0.3 is 0 Å². The first-order chi connectivity index (χ1) is 14.8. The third kappa shape index (κ3) is 6.36. The Morgan fingerprint density at radius 1 is 1.03 bits per heavy atom. The predicted octanol–water partition coefficient (Wildman–Crippen LogP) is 3.56. The van der Waals surface area contributed by atoms with Gasteiger partial charge in [0.2, 0.25) is 0 Å². The number of hydrogen-bond donors (Lipinski definition) is 2. The highest BCUT2D eigenvalue weighted by Gasteiger charge is 2.10. The molecule has 0 radical (unpaired) electrons. The number of fused-ring (bicyclic) bond motifs is 1. The molecule has 0 saturated heterocycles. The molecule has 164 valence electrons. The molecule has 8 heteroatoms. The highest BCUT2D eigenvalue weighted by molar-refractivity contribution is 14.0. The molecule has 31 heavy (non-hydrogen) atoms. The van der Waals surface area contributed by atoms with Crippen LogP contribution < -0.4 is 20.1 Å². The van der Waals surface area contributed by atoms with Crippen LogP contribution in [0.1, 0.15) is 17.5 Å². The lowest BCUT2D eigenvalue weighted by Crippen LogP contribution is -2.37. The minimum atomic E-state index is 0. The SMILES string of the molecule is CN=C(NCCc1ccc(-n2cccn2)cc1)NCc1ccc2c(c1)OCCCO2.I. The van der Waals surface area contributed by atoms with Crippen LogP contribution in [0.15, 0.2) is 65.9 Å². The summed E-state index contributed by atoms with van der Waals surface area (Å²) in [4.78, 5) is 4.31. The summed E-state index contributed by atoms with van der Waals surface area (Å²) < 4.78 is 13.3. The number of aliphatic imine (C=N–C) groups is 1. The third-order valence-corrected chi connectivity index (χ3v) is 4.91. The van der Waals surface area contributed by atoms with E-state index in [1.807, 2.05) is 29.1 Å². The first-order valence-electron chi connectivity index (χ1n) is 10.2. The summed E-state index contributed by atoms with van der Waals surface area (Å²) in [5.74, 6) is 2.40. The second-order valence-corrected chi connectivity index (χ2v) is 7.05. The van der Waals surface area contributed by atoms with E-state index in [-0.39, 0.29) is 24.0 Å². The molecule has 4 rings (SSSR count). The Kier molecular flexibility index (Phi) is 8.57. The van der Waals surface area contributed by atoms with Crippen molar-refractivity contribution in [3.05, 3.63) is 72.1 Å². The minimum absolute atomic E-state index is 0. The van der Waals surface area contributed by atoms with E-state index >= 15 is 0 Å². The number of nitrogens with one attached hydrogen (secondary N) is 2. The first kappa shape index (κ1) is 22.9. The van der Waals surface area contributed by atoms with Crippen LogP contribution in [-0.2, 0) is 13.0 Å². The number of aromatic nitrogens is 2. The van der Waals surface area contributed by atoms with Crippen molar-refractivity contribution in [1.82, 2.24) is 20.4 Å². The molecule has 0 unspecified atom stereocenters. The molecule has 0 spiro atoms. The van der Waals surface area contributed by atoms with Gasteiger partial charge in [0.15, 0.2) is 17.5 Å². The molecule has 1 aromatic heterocycles. The van der Waals surface area contributed by atoms with Crippen LogP contribution in [0.3, 0.4) is 0 Å². The standard InChI is InChI=1S/C23H27N5O2.HI/c1-24-23(26-17-19-6-9-21-22(16-19)30-15-3-14-29-21)25-12-10-18-4-7-20(8-5-18)28-13-2-11-27-28;/h2,4-9,11,13,16H,3,10,12,14-15,17H2,1H3,(H2,24,25,26);1H. The van der Waals surface area contributed by atoms with Crippen LogP contribution in [0, 0.1) is 0 Å². The zero-order valence-corrected chi connectivity index (χ0v) is 19.9. The Morgan fingerprint density at radius 3 is 2.55 bits per heavy atom. The van der Waals surface area contributed by atoms with Crippen LogP contribution in [-0.4, -0.2) is 42.5 Å². The van der Waals surface area contributed by atoms with Crippen molar-refractivity contribution in [3.63, 3.8) is 0 Å². The lowest BCUT2D eigenvalue weighted by Gasteiger charge is -2.13. The summed E-state index contributed by atoms with van der Waals surface area (Å²) in [7, 11) is 1.78. The number of guanidine groups is 1. The maximum absolute atomic E-state index is 5.76. The molecule has 0 atom stereocenters. The molecular weight excluding hydrogens is 505 g/mol. The maximum atomic E-state index is 5.76. The average molecular weight is 533 g/mol. The predicted molar refractivity (Wildman–Crippen MR) is 133 cm³/mol. The Balaban J connectivity index is 0.00000272. The summed E-state index contributed by atoms with van der Waals surface area (Å²) in [6, 6.07) is 16.4. The highest BCUT2D eigenvalue weighted by Crippen LogP contribution is 2.30. The number of hydrogen-bond acceptors (Lipinski definition) is 4. The Labute approximate surface area is 199 Å². The smallest absolute Gasteiger partial charge is 0.191 e. The Bertz CT molecular complexity index is 974. The molecule has 2 aromatic carbocycles. The molecule has 0 aliphatic carbocycles. The average Bonchev–Trinajstić information content (AvgIpc) is 3.22. The zero-order valence-electron chi connectivity index (χ0n) is 17.6. The van der Waals surface area contributed by atoms with Gasteiger partial charge in [0.25, 0.3) is 0 Å². The van der Waals surface area contributed by atoms with Gasteiger partial charge in [-0.1, -0.05) is 18.2 Å². The van der Waals surface area contributed by atoms with Crippen molar-refractivity contribution < 1.29 is 9.47 Å². The summed E-state index contributed by atoms with van der Waals surface area (Å²) in [6.07, 6.45) is 5.53. The van der Waals surface area contributed by atoms with Crippen molar-refractivity contribution in [2.24, 2.45) is 4.99 Å². The largest absolute Gasteiger partial charge is 0.490 e. The summed E-state index contributed by atoms with van der Waals surface area (Å²) in [6.45, 7) is 2.85. The van der Waals surface area contributed by atoms with Gasteiger partial charge in [-0.3, -0.25) is 4.99 Å². The Hall–Kier alpha value is -2.75. The maximum Gasteiger partial charge on any atom is 0.191 e. The van der Waals surface area contributed by atoms with Crippen LogP contribution in [0.4, 0.5) is 0 Å². The normalized spacial score (nSPS) is 13.1. The van der Waals surface area contributed by atoms with Crippen molar-refractivity contribution in [2.45, 2.75) is 19.4 Å². The molecule has 0 bridgehead atoms. The molecule has 3 aromatic rings. The minimum Gasteiger partial charge on any atom is -0.490 e. The first-order valence-corrected chi connectivity index (χ1v) is 10.2. The van der Waals surface area contributed by atoms with Crippen LogP contribution in [0.2, 0.25) is 0 Å². The summed E-state index contributed by atoms with van der Waals surface area (Å²) in [5.41, 5.74) is 3.44. The van der Waals surface area contributed by atoms with E-state index in [0.29, 0.717) is 19.8 Å². The second kappa shape index (κ2) is 11.6. The van der Waals surface area contributed by atoms with Gasteiger partial charge in [-0.05, 0) is 47.9 Å². The van der Waals surface area contributed by atoms with Crippen molar-refractivity contribution in [1.29, 1.82) is 0 Å². The van der Waals surface area contributed by atoms with Gasteiger partial charge in [0, 0.05) is 39.0 Å². The van der Waals surface area contributed by atoms with Crippen molar-refractivity contribution in [3.8, 4) is 17.2 Å². The van der Waals surface area contributed by atoms with Gasteiger partial charge in [0.05, 0.1) is 18.9 Å². The fourth-order valence-corrected chi connectivity index (χ4v) is 3.29. The highest BCUT2D eigenvalue weighted by atomic mass is 127. The van der Waals surface area contributed by atoms with E-state index in [0.717, 1.165) is 48.1 Å². The fourth-order valence-electron chi connectivity index (χ4n) is 3.29. The van der Waals surface area contributed by atoms with E-state index in [1.165, 1.54) is 5.56 Å². The molecule has 0 fully saturated rings. The second-order valence-electron chi connectivity index (χ2n) is 7.05. The van der Waals surface area contributed by atoms with Crippen LogP contribution >= 0.6 is 24.0 Å². The molecule has 0 amide bonds. The number of ether oxygens (including phenoxy) is 2. The monoisotopic (exact) mass is 533 g/mol. The molecular formula is C23H28IN5O2. The van der Waals surface area contributed by atoms with Gasteiger partial charge in [-0.2, -0.15) is 5.10 Å². The van der Waals surface area contributed by atoms with Crippen molar-refractivity contribution in [2.75, 3.05) is 26.8 Å². The molecule has 1 aliphatic heterocycles. The zero-order chi connectivity index (χ0) is 20.6. The van der Waals surface area contributed by atoms with E-state index < -0.39 is 0 Å². The molecule has 0 saturated carbocycles. The molecule has 2 heterocycles. The topological polar surface area (TPSA) is 72.7 Å². The van der Waals surface area contributed by atoms with E-state index in [4.69, 9.17) is 9.47 Å². The van der Waals surface area contributed by atoms with E-state index in [1.54, 1.807) is 13.2 Å². The lowest BCUT2D eigenvalue weighted by molar-refractivity contribution is 0.297. The lowest BCUT2D eigenvalue weighted by atomic mass is 10.1.